The minimum atomic E-state index is -0.744. The highest BCUT2D eigenvalue weighted by atomic mass is 79.9. The standard InChI is InChI=1S/C20H20BrN3O2/c1-2-18-17(12-23-24(18)16-10-8-15(21)9-11-16)20(26)22-13-19(25)14-6-4-3-5-7-14/h3-12,19,25H,2,13H2,1H3,(H,22,26). The summed E-state index contributed by atoms with van der Waals surface area (Å²) < 4.78 is 2.76. The number of benzene rings is 2. The van der Waals surface area contributed by atoms with Gasteiger partial charge in [0, 0.05) is 11.0 Å². The summed E-state index contributed by atoms with van der Waals surface area (Å²) in [4.78, 5) is 12.6. The van der Waals surface area contributed by atoms with Gasteiger partial charge in [-0.05, 0) is 36.2 Å². The second-order valence-electron chi connectivity index (χ2n) is 5.88. The highest BCUT2D eigenvalue weighted by Gasteiger charge is 2.18. The first-order valence-electron chi connectivity index (χ1n) is 8.44. The molecule has 0 aliphatic carbocycles. The van der Waals surface area contributed by atoms with E-state index in [1.807, 2.05) is 61.5 Å². The average molecular weight is 414 g/mol. The van der Waals surface area contributed by atoms with Crippen LogP contribution in [0.25, 0.3) is 5.69 Å². The van der Waals surface area contributed by atoms with Crippen molar-refractivity contribution in [2.24, 2.45) is 0 Å². The first kappa shape index (κ1) is 18.4. The zero-order valence-corrected chi connectivity index (χ0v) is 16.0. The summed E-state index contributed by atoms with van der Waals surface area (Å²) in [7, 11) is 0. The largest absolute Gasteiger partial charge is 0.387 e. The second kappa shape index (κ2) is 8.29. The summed E-state index contributed by atoms with van der Waals surface area (Å²) >= 11 is 3.42. The molecule has 134 valence electrons. The minimum absolute atomic E-state index is 0.148. The maximum absolute atomic E-state index is 12.6. The van der Waals surface area contributed by atoms with E-state index in [9.17, 15) is 9.90 Å². The number of rotatable bonds is 6. The molecule has 0 radical (unpaired) electrons. The summed E-state index contributed by atoms with van der Waals surface area (Å²) in [6.45, 7) is 2.14. The van der Waals surface area contributed by atoms with Crippen molar-refractivity contribution in [3.63, 3.8) is 0 Å². The molecule has 0 spiro atoms. The Bertz CT molecular complexity index is 876. The van der Waals surface area contributed by atoms with Gasteiger partial charge in [0.05, 0.1) is 29.2 Å². The first-order chi connectivity index (χ1) is 12.6. The summed E-state index contributed by atoms with van der Waals surface area (Å²) in [6, 6.07) is 17.0. The normalized spacial score (nSPS) is 12.0. The molecule has 1 atom stereocenters. The molecule has 3 rings (SSSR count). The number of amides is 1. The quantitative estimate of drug-likeness (QED) is 0.647. The smallest absolute Gasteiger partial charge is 0.254 e. The van der Waals surface area contributed by atoms with Gasteiger partial charge in [-0.25, -0.2) is 4.68 Å². The molecule has 3 aromatic rings. The maximum Gasteiger partial charge on any atom is 0.254 e. The lowest BCUT2D eigenvalue weighted by atomic mass is 10.1. The molecule has 6 heteroatoms. The Hall–Kier alpha value is -2.44. The van der Waals surface area contributed by atoms with E-state index in [0.29, 0.717) is 12.0 Å². The van der Waals surface area contributed by atoms with Crippen molar-refractivity contribution in [2.45, 2.75) is 19.4 Å². The van der Waals surface area contributed by atoms with Gasteiger partial charge in [-0.3, -0.25) is 4.79 Å². The Labute approximate surface area is 160 Å². The van der Waals surface area contributed by atoms with Crippen LogP contribution in [0.15, 0.2) is 65.3 Å². The van der Waals surface area contributed by atoms with Gasteiger partial charge in [-0.15, -0.1) is 0 Å². The van der Waals surface area contributed by atoms with Gasteiger partial charge in [0.1, 0.15) is 0 Å². The van der Waals surface area contributed by atoms with Crippen LogP contribution < -0.4 is 5.32 Å². The first-order valence-corrected chi connectivity index (χ1v) is 9.23. The van der Waals surface area contributed by atoms with Crippen LogP contribution in [0.5, 0.6) is 0 Å². The van der Waals surface area contributed by atoms with Gasteiger partial charge < -0.3 is 10.4 Å². The van der Waals surface area contributed by atoms with Crippen LogP contribution in [-0.4, -0.2) is 27.3 Å². The van der Waals surface area contributed by atoms with Crippen molar-refractivity contribution in [1.29, 1.82) is 0 Å². The SMILES string of the molecule is CCc1c(C(=O)NCC(O)c2ccccc2)cnn1-c1ccc(Br)cc1. The molecule has 0 bridgehead atoms. The van der Waals surface area contributed by atoms with Gasteiger partial charge in [-0.1, -0.05) is 53.2 Å². The van der Waals surface area contributed by atoms with Crippen LogP contribution in [0.1, 0.15) is 34.6 Å². The number of carbonyl (C=O) groups is 1. The minimum Gasteiger partial charge on any atom is -0.387 e. The van der Waals surface area contributed by atoms with Gasteiger partial charge in [0.25, 0.3) is 5.91 Å². The maximum atomic E-state index is 12.6. The molecule has 1 amide bonds. The van der Waals surface area contributed by atoms with E-state index in [1.54, 1.807) is 10.9 Å². The van der Waals surface area contributed by atoms with Crippen molar-refractivity contribution < 1.29 is 9.90 Å². The number of halogens is 1. The lowest BCUT2D eigenvalue weighted by Gasteiger charge is -2.12. The predicted molar refractivity (Wildman–Crippen MR) is 104 cm³/mol. The fourth-order valence-electron chi connectivity index (χ4n) is 2.79. The molecule has 0 saturated heterocycles. The molecule has 1 heterocycles. The number of aromatic nitrogens is 2. The van der Waals surface area contributed by atoms with Gasteiger partial charge in [-0.2, -0.15) is 5.10 Å². The highest BCUT2D eigenvalue weighted by molar-refractivity contribution is 9.10. The van der Waals surface area contributed by atoms with Crippen molar-refractivity contribution in [3.05, 3.63) is 82.1 Å². The van der Waals surface area contributed by atoms with E-state index >= 15 is 0 Å². The third-order valence-corrected chi connectivity index (χ3v) is 4.69. The van der Waals surface area contributed by atoms with Crippen molar-refractivity contribution in [2.75, 3.05) is 6.54 Å². The Kier molecular flexibility index (Phi) is 5.85. The van der Waals surface area contributed by atoms with Gasteiger partial charge in [0.15, 0.2) is 0 Å². The zero-order valence-electron chi connectivity index (χ0n) is 14.4. The Morgan fingerprint density at radius 1 is 1.19 bits per heavy atom. The van der Waals surface area contributed by atoms with Crippen molar-refractivity contribution in [3.8, 4) is 5.69 Å². The fraction of sp³-hybridized carbons (Fsp3) is 0.200. The molecular formula is C20H20BrN3O2. The molecule has 0 fully saturated rings. The average Bonchev–Trinajstić information content (AvgIpc) is 3.11. The third-order valence-electron chi connectivity index (χ3n) is 4.16. The Balaban J connectivity index is 1.74. The summed E-state index contributed by atoms with van der Waals surface area (Å²) in [5.74, 6) is -0.236. The van der Waals surface area contributed by atoms with Crippen molar-refractivity contribution >= 4 is 21.8 Å². The lowest BCUT2D eigenvalue weighted by Crippen LogP contribution is -2.29. The molecule has 2 N–H and O–H groups in total. The highest BCUT2D eigenvalue weighted by Crippen LogP contribution is 2.19. The number of nitrogens with one attached hydrogen (secondary N) is 1. The molecule has 5 nitrogen and oxygen atoms in total. The number of hydrogen-bond donors (Lipinski definition) is 2. The van der Waals surface area contributed by atoms with E-state index in [4.69, 9.17) is 0 Å². The van der Waals surface area contributed by atoms with Crippen LogP contribution in [-0.2, 0) is 6.42 Å². The van der Waals surface area contributed by atoms with Crippen LogP contribution in [0.2, 0.25) is 0 Å². The van der Waals surface area contributed by atoms with E-state index in [2.05, 4.69) is 26.3 Å². The zero-order chi connectivity index (χ0) is 18.5. The van der Waals surface area contributed by atoms with Gasteiger partial charge >= 0.3 is 0 Å². The van der Waals surface area contributed by atoms with Crippen LogP contribution in [0, 0.1) is 0 Å². The molecule has 2 aromatic carbocycles. The molecule has 0 aliphatic heterocycles. The summed E-state index contributed by atoms with van der Waals surface area (Å²) in [5, 5.41) is 17.4. The fourth-order valence-corrected chi connectivity index (χ4v) is 3.05. The molecule has 0 saturated carbocycles. The Morgan fingerprint density at radius 3 is 2.54 bits per heavy atom. The van der Waals surface area contributed by atoms with E-state index in [0.717, 1.165) is 21.4 Å². The molecule has 0 aliphatic rings. The number of hydrogen-bond acceptors (Lipinski definition) is 3. The monoisotopic (exact) mass is 413 g/mol. The van der Waals surface area contributed by atoms with Gasteiger partial charge in [0.2, 0.25) is 0 Å². The summed E-state index contributed by atoms with van der Waals surface area (Å²) in [5.41, 5.74) is 3.03. The Morgan fingerprint density at radius 2 is 1.88 bits per heavy atom. The second-order valence-corrected chi connectivity index (χ2v) is 6.80. The topological polar surface area (TPSA) is 67.2 Å². The number of aliphatic hydroxyl groups is 1. The van der Waals surface area contributed by atoms with E-state index in [1.165, 1.54) is 0 Å². The molecule has 26 heavy (non-hydrogen) atoms. The number of nitrogens with zero attached hydrogens (tertiary/aromatic N) is 2. The van der Waals surface area contributed by atoms with Crippen molar-refractivity contribution in [1.82, 2.24) is 15.1 Å². The van der Waals surface area contributed by atoms with Crippen LogP contribution in [0.3, 0.4) is 0 Å². The summed E-state index contributed by atoms with van der Waals surface area (Å²) in [6.07, 6.45) is 1.50. The predicted octanol–water partition coefficient (Wildman–Crippen LogP) is 3.66. The van der Waals surface area contributed by atoms with E-state index in [-0.39, 0.29) is 12.5 Å². The van der Waals surface area contributed by atoms with E-state index < -0.39 is 6.10 Å². The molecule has 1 unspecified atom stereocenters. The number of aliphatic hydroxyl groups excluding tert-OH is 1. The van der Waals surface area contributed by atoms with Crippen LogP contribution in [0.4, 0.5) is 0 Å². The van der Waals surface area contributed by atoms with Crippen LogP contribution >= 0.6 is 15.9 Å². The third kappa shape index (κ3) is 4.03. The molecular weight excluding hydrogens is 394 g/mol. The number of carbonyl (C=O) groups excluding carboxylic acids is 1. The lowest BCUT2D eigenvalue weighted by molar-refractivity contribution is 0.0915. The molecule has 1 aromatic heterocycles.